The summed E-state index contributed by atoms with van der Waals surface area (Å²) in [4.78, 5) is 24.4. The minimum absolute atomic E-state index is 0.290. The SMILES string of the molecule is COC(=O)[C@H](Cc1ccccc1)NC(=O)[C@H](C)Nc1ccc(Cl)cc1. The van der Waals surface area contributed by atoms with E-state index in [1.165, 1.54) is 7.11 Å². The van der Waals surface area contributed by atoms with Crippen molar-refractivity contribution < 1.29 is 14.3 Å². The van der Waals surface area contributed by atoms with Crippen LogP contribution in [0.25, 0.3) is 0 Å². The van der Waals surface area contributed by atoms with Gasteiger partial charge in [0.05, 0.1) is 7.11 Å². The van der Waals surface area contributed by atoms with Crippen LogP contribution in [0.5, 0.6) is 0 Å². The third-order valence-electron chi connectivity index (χ3n) is 3.71. The van der Waals surface area contributed by atoms with Crippen LogP contribution in [0.3, 0.4) is 0 Å². The quantitative estimate of drug-likeness (QED) is 0.745. The van der Waals surface area contributed by atoms with Gasteiger partial charge < -0.3 is 15.4 Å². The van der Waals surface area contributed by atoms with Gasteiger partial charge in [-0.15, -0.1) is 0 Å². The van der Waals surface area contributed by atoms with E-state index in [4.69, 9.17) is 16.3 Å². The molecule has 2 rings (SSSR count). The molecule has 2 atom stereocenters. The molecule has 0 saturated carbocycles. The van der Waals surface area contributed by atoms with Crippen molar-refractivity contribution in [3.05, 3.63) is 65.2 Å². The molecule has 0 aromatic heterocycles. The minimum Gasteiger partial charge on any atom is -0.467 e. The van der Waals surface area contributed by atoms with Gasteiger partial charge in [-0.05, 0) is 36.8 Å². The number of methoxy groups -OCH3 is 1. The zero-order valence-electron chi connectivity index (χ0n) is 14.2. The molecule has 6 heteroatoms. The lowest BCUT2D eigenvalue weighted by Gasteiger charge is -2.20. The maximum atomic E-state index is 12.4. The van der Waals surface area contributed by atoms with Gasteiger partial charge in [0, 0.05) is 17.1 Å². The van der Waals surface area contributed by atoms with E-state index >= 15 is 0 Å². The van der Waals surface area contributed by atoms with Gasteiger partial charge in [0.1, 0.15) is 12.1 Å². The molecule has 0 radical (unpaired) electrons. The fourth-order valence-electron chi connectivity index (χ4n) is 2.34. The van der Waals surface area contributed by atoms with Gasteiger partial charge in [-0.3, -0.25) is 4.79 Å². The molecule has 0 bridgehead atoms. The monoisotopic (exact) mass is 360 g/mol. The van der Waals surface area contributed by atoms with Crippen molar-refractivity contribution in [2.75, 3.05) is 12.4 Å². The molecular formula is C19H21ClN2O3. The van der Waals surface area contributed by atoms with Crippen molar-refractivity contribution in [3.63, 3.8) is 0 Å². The number of nitrogens with one attached hydrogen (secondary N) is 2. The van der Waals surface area contributed by atoms with E-state index in [2.05, 4.69) is 10.6 Å². The van der Waals surface area contributed by atoms with Crippen LogP contribution in [0.15, 0.2) is 54.6 Å². The van der Waals surface area contributed by atoms with E-state index < -0.39 is 18.1 Å². The zero-order chi connectivity index (χ0) is 18.2. The van der Waals surface area contributed by atoms with Crippen LogP contribution in [0.1, 0.15) is 12.5 Å². The molecule has 2 aromatic carbocycles. The number of rotatable bonds is 7. The topological polar surface area (TPSA) is 67.4 Å². The molecular weight excluding hydrogens is 340 g/mol. The molecule has 2 aromatic rings. The Balaban J connectivity index is 2.00. The zero-order valence-corrected chi connectivity index (χ0v) is 14.9. The molecule has 1 amide bonds. The Morgan fingerprint density at radius 3 is 2.32 bits per heavy atom. The summed E-state index contributed by atoms with van der Waals surface area (Å²) in [5.41, 5.74) is 1.71. The fraction of sp³-hybridized carbons (Fsp3) is 0.263. The van der Waals surface area contributed by atoms with Crippen LogP contribution in [0.2, 0.25) is 5.02 Å². The minimum atomic E-state index is -0.741. The Morgan fingerprint density at radius 2 is 1.72 bits per heavy atom. The van der Waals surface area contributed by atoms with E-state index in [0.717, 1.165) is 11.3 Å². The number of carbonyl (C=O) groups is 2. The Morgan fingerprint density at radius 1 is 1.08 bits per heavy atom. The summed E-state index contributed by atoms with van der Waals surface area (Å²) in [6.45, 7) is 1.72. The first-order valence-corrected chi connectivity index (χ1v) is 8.31. The average molecular weight is 361 g/mol. The predicted molar refractivity (Wildman–Crippen MR) is 98.6 cm³/mol. The van der Waals surface area contributed by atoms with Crippen LogP contribution in [0, 0.1) is 0 Å². The van der Waals surface area contributed by atoms with Crippen molar-refractivity contribution in [2.24, 2.45) is 0 Å². The van der Waals surface area contributed by atoms with E-state index in [1.807, 2.05) is 30.3 Å². The van der Waals surface area contributed by atoms with Gasteiger partial charge >= 0.3 is 5.97 Å². The molecule has 25 heavy (non-hydrogen) atoms. The largest absolute Gasteiger partial charge is 0.467 e. The molecule has 0 fully saturated rings. The van der Waals surface area contributed by atoms with Gasteiger partial charge in [-0.25, -0.2) is 4.79 Å². The number of ether oxygens (including phenoxy) is 1. The van der Waals surface area contributed by atoms with Gasteiger partial charge in [0.2, 0.25) is 5.91 Å². The maximum Gasteiger partial charge on any atom is 0.328 e. The van der Waals surface area contributed by atoms with Crippen LogP contribution < -0.4 is 10.6 Å². The molecule has 0 aliphatic carbocycles. The molecule has 5 nitrogen and oxygen atoms in total. The first kappa shape index (κ1) is 18.8. The smallest absolute Gasteiger partial charge is 0.328 e. The second-order valence-electron chi connectivity index (χ2n) is 5.65. The number of amides is 1. The summed E-state index contributed by atoms with van der Waals surface area (Å²) in [7, 11) is 1.31. The number of benzene rings is 2. The molecule has 0 unspecified atom stereocenters. The molecule has 132 valence electrons. The number of carbonyl (C=O) groups excluding carboxylic acids is 2. The molecule has 0 heterocycles. The second kappa shape index (κ2) is 9.08. The van der Waals surface area contributed by atoms with Crippen molar-refractivity contribution in [3.8, 4) is 0 Å². The lowest BCUT2D eigenvalue weighted by molar-refractivity contribution is -0.145. The second-order valence-corrected chi connectivity index (χ2v) is 6.08. The Kier molecular flexibility index (Phi) is 6.83. The summed E-state index contributed by atoms with van der Waals surface area (Å²) in [6.07, 6.45) is 0.368. The lowest BCUT2D eigenvalue weighted by atomic mass is 10.1. The van der Waals surface area contributed by atoms with Crippen LogP contribution in [-0.2, 0) is 20.7 Å². The average Bonchev–Trinajstić information content (AvgIpc) is 2.63. The maximum absolute atomic E-state index is 12.4. The summed E-state index contributed by atoms with van der Waals surface area (Å²) in [6, 6.07) is 15.2. The predicted octanol–water partition coefficient (Wildman–Crippen LogP) is 3.04. The van der Waals surface area contributed by atoms with Crippen LogP contribution >= 0.6 is 11.6 Å². The third kappa shape index (κ3) is 5.80. The van der Waals surface area contributed by atoms with Crippen molar-refractivity contribution in [2.45, 2.75) is 25.4 Å². The summed E-state index contributed by atoms with van der Waals surface area (Å²) in [5, 5.41) is 6.44. The standard InChI is InChI=1S/C19H21ClN2O3/c1-13(21-16-10-8-15(20)9-11-16)18(23)22-17(19(24)25-2)12-14-6-4-3-5-7-14/h3-11,13,17,21H,12H2,1-2H3,(H,22,23)/t13-,17-/m0/s1. The van der Waals surface area contributed by atoms with Gasteiger partial charge in [0.15, 0.2) is 0 Å². The first-order valence-electron chi connectivity index (χ1n) is 7.94. The number of esters is 1. The van der Waals surface area contributed by atoms with Crippen LogP contribution in [-0.4, -0.2) is 31.1 Å². The highest BCUT2D eigenvalue weighted by molar-refractivity contribution is 6.30. The van der Waals surface area contributed by atoms with Gasteiger partial charge in [0.25, 0.3) is 0 Å². The molecule has 0 aliphatic heterocycles. The number of halogens is 1. The van der Waals surface area contributed by atoms with Crippen molar-refractivity contribution >= 4 is 29.2 Å². The van der Waals surface area contributed by atoms with Gasteiger partial charge in [-0.1, -0.05) is 41.9 Å². The highest BCUT2D eigenvalue weighted by Crippen LogP contribution is 2.14. The molecule has 0 saturated heterocycles. The Hall–Kier alpha value is -2.53. The Bertz CT molecular complexity index is 704. The molecule has 0 spiro atoms. The summed E-state index contributed by atoms with van der Waals surface area (Å²) in [5.74, 6) is -0.767. The Labute approximate surface area is 152 Å². The van der Waals surface area contributed by atoms with Gasteiger partial charge in [-0.2, -0.15) is 0 Å². The number of hydrogen-bond donors (Lipinski definition) is 2. The van der Waals surface area contributed by atoms with Crippen molar-refractivity contribution in [1.29, 1.82) is 0 Å². The third-order valence-corrected chi connectivity index (χ3v) is 3.96. The van der Waals surface area contributed by atoms with E-state index in [0.29, 0.717) is 11.4 Å². The lowest BCUT2D eigenvalue weighted by Crippen LogP contribution is -2.48. The summed E-state index contributed by atoms with van der Waals surface area (Å²) < 4.78 is 4.81. The number of hydrogen-bond acceptors (Lipinski definition) is 4. The highest BCUT2D eigenvalue weighted by atomic mass is 35.5. The summed E-state index contributed by atoms with van der Waals surface area (Å²) >= 11 is 5.85. The number of anilines is 1. The van der Waals surface area contributed by atoms with E-state index in [1.54, 1.807) is 31.2 Å². The fourth-order valence-corrected chi connectivity index (χ4v) is 2.47. The molecule has 2 N–H and O–H groups in total. The van der Waals surface area contributed by atoms with E-state index in [9.17, 15) is 9.59 Å². The first-order chi connectivity index (χ1) is 12.0. The van der Waals surface area contributed by atoms with Crippen molar-refractivity contribution in [1.82, 2.24) is 5.32 Å². The normalized spacial score (nSPS) is 12.8. The van der Waals surface area contributed by atoms with Crippen LogP contribution in [0.4, 0.5) is 5.69 Å². The highest BCUT2D eigenvalue weighted by Gasteiger charge is 2.24. The molecule has 0 aliphatic rings. The van der Waals surface area contributed by atoms with E-state index in [-0.39, 0.29) is 5.91 Å².